The maximum Gasteiger partial charge on any atom is 0.129 e. The minimum absolute atomic E-state index is 0.460. The topological polar surface area (TPSA) is 57.4 Å². The lowest BCUT2D eigenvalue weighted by atomic mass is 9.93. The number of aromatic amines is 2. The van der Waals surface area contributed by atoms with E-state index in [9.17, 15) is 0 Å². The van der Waals surface area contributed by atoms with Gasteiger partial charge in [-0.05, 0) is 79.5 Å². The van der Waals surface area contributed by atoms with Crippen molar-refractivity contribution in [2.45, 2.75) is 52.2 Å². The largest absolute Gasteiger partial charge is 0.355 e. The number of aromatic nitrogens is 4. The number of H-pyrrole nitrogens is 2. The van der Waals surface area contributed by atoms with Gasteiger partial charge in [-0.25, -0.2) is 9.97 Å². The Morgan fingerprint density at radius 2 is 1.29 bits per heavy atom. The first-order chi connectivity index (χ1) is 16.8. The Balaban J connectivity index is 1.86. The summed E-state index contributed by atoms with van der Waals surface area (Å²) >= 11 is 0. The number of rotatable bonds is 3. The molecule has 0 aromatic carbocycles. The van der Waals surface area contributed by atoms with Crippen molar-refractivity contribution < 1.29 is 0 Å². The molecule has 0 spiro atoms. The zero-order valence-corrected chi connectivity index (χ0v) is 22.2. The second kappa shape index (κ2) is 9.20. The highest BCUT2D eigenvalue weighted by Crippen LogP contribution is 2.30. The van der Waals surface area contributed by atoms with Gasteiger partial charge in [0.15, 0.2) is 0 Å². The van der Waals surface area contributed by atoms with E-state index in [1.165, 1.54) is 5.56 Å². The quantitative estimate of drug-likeness (QED) is 0.206. The molecular formula is C30H32N4Si. The van der Waals surface area contributed by atoms with Gasteiger partial charge >= 0.3 is 0 Å². The molecule has 0 amide bonds. The number of fused-ring (bicyclic) bond motifs is 8. The summed E-state index contributed by atoms with van der Waals surface area (Å²) in [5.41, 5.74) is 13.7. The molecule has 5 heterocycles. The highest BCUT2D eigenvalue weighted by molar-refractivity contribution is 6.83. The van der Waals surface area contributed by atoms with E-state index in [0.717, 1.165) is 63.2 Å². The molecule has 0 radical (unpaired) electrons. The van der Waals surface area contributed by atoms with E-state index in [0.29, 0.717) is 5.92 Å². The highest BCUT2D eigenvalue weighted by atomic mass is 28.3. The Labute approximate surface area is 208 Å². The van der Waals surface area contributed by atoms with Crippen molar-refractivity contribution in [2.24, 2.45) is 0 Å². The van der Waals surface area contributed by atoms with Crippen LogP contribution in [0.4, 0.5) is 0 Å². The molecule has 35 heavy (non-hydrogen) atoms. The number of hydrogen-bond acceptors (Lipinski definition) is 2. The molecule has 8 bridgehead atoms. The van der Waals surface area contributed by atoms with Gasteiger partial charge in [-0.2, -0.15) is 0 Å². The summed E-state index contributed by atoms with van der Waals surface area (Å²) in [6.07, 6.45) is 10.4. The molecule has 2 aliphatic rings. The molecule has 0 aliphatic carbocycles. The monoisotopic (exact) mass is 476 g/mol. The molecule has 0 unspecified atom stereocenters. The van der Waals surface area contributed by atoms with Crippen molar-refractivity contribution in [3.8, 4) is 11.5 Å². The van der Waals surface area contributed by atoms with Gasteiger partial charge in [-0.15, -0.1) is 5.54 Å². The summed E-state index contributed by atoms with van der Waals surface area (Å²) in [6, 6.07) is 12.9. The van der Waals surface area contributed by atoms with E-state index in [4.69, 9.17) is 9.97 Å². The van der Waals surface area contributed by atoms with Crippen molar-refractivity contribution in [3.05, 3.63) is 70.3 Å². The SMILES string of the molecule is CCC(CC)c1c2ccc(cc3nc(c(C#C[Si](C)(C)C)c4nc(cc5ccc1[nH]5)C=C4)C=C3)[nH]2. The number of hydrogen-bond donors (Lipinski definition) is 2. The zero-order chi connectivity index (χ0) is 24.6. The van der Waals surface area contributed by atoms with Crippen LogP contribution in [0.3, 0.4) is 0 Å². The zero-order valence-electron chi connectivity index (χ0n) is 21.2. The van der Waals surface area contributed by atoms with Gasteiger partial charge in [-0.3, -0.25) is 0 Å². The second-order valence-electron chi connectivity index (χ2n) is 10.3. The summed E-state index contributed by atoms with van der Waals surface area (Å²) in [5, 5.41) is 0. The van der Waals surface area contributed by atoms with Crippen LogP contribution < -0.4 is 0 Å². The molecule has 176 valence electrons. The predicted octanol–water partition coefficient (Wildman–Crippen LogP) is 7.79. The molecule has 2 N–H and O–H groups in total. The molecular weight excluding hydrogens is 444 g/mol. The van der Waals surface area contributed by atoms with Gasteiger partial charge in [0.25, 0.3) is 0 Å². The van der Waals surface area contributed by atoms with E-state index in [2.05, 4.69) is 116 Å². The molecule has 4 nitrogen and oxygen atoms in total. The van der Waals surface area contributed by atoms with Crippen LogP contribution in [0.1, 0.15) is 66.5 Å². The summed E-state index contributed by atoms with van der Waals surface area (Å²) in [4.78, 5) is 17.1. The predicted molar refractivity (Wildman–Crippen MR) is 152 cm³/mol. The van der Waals surface area contributed by atoms with E-state index in [1.54, 1.807) is 0 Å². The van der Waals surface area contributed by atoms with Crippen molar-refractivity contribution >= 4 is 54.4 Å². The first-order valence-corrected chi connectivity index (χ1v) is 16.0. The van der Waals surface area contributed by atoms with Crippen LogP contribution in [0, 0.1) is 11.5 Å². The molecule has 3 aromatic heterocycles. The fourth-order valence-electron chi connectivity index (χ4n) is 4.61. The first kappa shape index (κ1) is 23.1. The van der Waals surface area contributed by atoms with Crippen LogP contribution in [0.5, 0.6) is 0 Å². The summed E-state index contributed by atoms with van der Waals surface area (Å²) in [6.45, 7) is 11.3. The van der Waals surface area contributed by atoms with Crippen LogP contribution in [-0.2, 0) is 0 Å². The third kappa shape index (κ3) is 4.94. The average Bonchev–Trinajstić information content (AvgIpc) is 3.61. The van der Waals surface area contributed by atoms with Gasteiger partial charge in [0, 0.05) is 27.6 Å². The molecule has 3 aromatic rings. The summed E-state index contributed by atoms with van der Waals surface area (Å²) in [5.74, 6) is 3.90. The Hall–Kier alpha value is -3.62. The maximum absolute atomic E-state index is 4.92. The standard InChI is InChI=1S/C30H32N4Si/c1-6-20(7-2)30-28-14-10-23(33-28)18-21-8-12-26(31-21)25(16-17-35(3,4)5)27-13-9-22(32-27)19-24-11-15-29(30)34-24/h8-15,18-20,33-34H,6-7H2,1-5H3. The maximum atomic E-state index is 4.92. The smallest absolute Gasteiger partial charge is 0.129 e. The molecule has 0 saturated heterocycles. The average molecular weight is 477 g/mol. The van der Waals surface area contributed by atoms with Gasteiger partial charge in [0.2, 0.25) is 0 Å². The molecule has 0 fully saturated rings. The van der Waals surface area contributed by atoms with Gasteiger partial charge in [-0.1, -0.05) is 39.4 Å². The van der Waals surface area contributed by atoms with Crippen molar-refractivity contribution in [2.75, 3.05) is 0 Å². The lowest BCUT2D eigenvalue weighted by Gasteiger charge is -2.13. The van der Waals surface area contributed by atoms with Crippen LogP contribution >= 0.6 is 0 Å². The van der Waals surface area contributed by atoms with E-state index >= 15 is 0 Å². The van der Waals surface area contributed by atoms with Crippen molar-refractivity contribution in [3.63, 3.8) is 0 Å². The molecule has 0 atom stereocenters. The van der Waals surface area contributed by atoms with Crippen LogP contribution in [0.2, 0.25) is 19.6 Å². The van der Waals surface area contributed by atoms with Gasteiger partial charge in [0.1, 0.15) is 8.07 Å². The number of nitrogens with one attached hydrogen (secondary N) is 2. The fourth-order valence-corrected chi connectivity index (χ4v) is 5.11. The molecule has 5 rings (SSSR count). The van der Waals surface area contributed by atoms with Crippen LogP contribution in [-0.4, -0.2) is 28.0 Å². The number of nitrogens with zero attached hydrogens (tertiary/aromatic N) is 2. The third-order valence-electron chi connectivity index (χ3n) is 6.40. The van der Waals surface area contributed by atoms with E-state index < -0.39 is 8.07 Å². The van der Waals surface area contributed by atoms with Gasteiger partial charge < -0.3 is 9.97 Å². The Kier molecular flexibility index (Phi) is 6.08. The Morgan fingerprint density at radius 1 is 0.771 bits per heavy atom. The summed E-state index contributed by atoms with van der Waals surface area (Å²) in [7, 11) is -1.56. The van der Waals surface area contributed by atoms with Crippen LogP contribution in [0.25, 0.3) is 46.4 Å². The highest BCUT2D eigenvalue weighted by Gasteiger charge is 2.15. The minimum Gasteiger partial charge on any atom is -0.355 e. The normalized spacial score (nSPS) is 12.7. The van der Waals surface area contributed by atoms with Crippen molar-refractivity contribution in [1.82, 2.24) is 19.9 Å². The second-order valence-corrected chi connectivity index (χ2v) is 15.0. The van der Waals surface area contributed by atoms with E-state index in [-0.39, 0.29) is 0 Å². The lowest BCUT2D eigenvalue weighted by Crippen LogP contribution is -2.16. The fraction of sp³-hybridized carbons (Fsp3) is 0.267. The van der Waals surface area contributed by atoms with Gasteiger partial charge in [0.05, 0.1) is 28.3 Å². The third-order valence-corrected chi connectivity index (χ3v) is 7.27. The molecule has 2 aliphatic heterocycles. The first-order valence-electron chi connectivity index (χ1n) is 12.5. The lowest BCUT2D eigenvalue weighted by molar-refractivity contribution is 0.649. The van der Waals surface area contributed by atoms with Crippen LogP contribution in [0.15, 0.2) is 36.4 Å². The molecule has 5 heteroatoms. The molecule has 0 saturated carbocycles. The summed E-state index contributed by atoms with van der Waals surface area (Å²) < 4.78 is 0. The Bertz CT molecular complexity index is 1470. The minimum atomic E-state index is -1.56. The van der Waals surface area contributed by atoms with Crippen molar-refractivity contribution in [1.29, 1.82) is 0 Å². The Morgan fingerprint density at radius 3 is 1.74 bits per heavy atom. The van der Waals surface area contributed by atoms with E-state index in [1.807, 2.05) is 0 Å².